The van der Waals surface area contributed by atoms with Crippen LogP contribution in [0.15, 0.2) is 18.3 Å². The first kappa shape index (κ1) is 18.1. The molecular formula is C19H24ClN7. The van der Waals surface area contributed by atoms with Crippen LogP contribution < -0.4 is 4.90 Å². The van der Waals surface area contributed by atoms with Gasteiger partial charge in [0.15, 0.2) is 17.0 Å². The van der Waals surface area contributed by atoms with Gasteiger partial charge >= 0.3 is 0 Å². The van der Waals surface area contributed by atoms with Gasteiger partial charge in [-0.2, -0.15) is 0 Å². The Hall–Kier alpha value is -2.28. The van der Waals surface area contributed by atoms with E-state index in [1.807, 2.05) is 12.1 Å². The largest absolute Gasteiger partial charge is 0.354 e. The highest BCUT2D eigenvalue weighted by Crippen LogP contribution is 2.30. The van der Waals surface area contributed by atoms with Crippen LogP contribution in [-0.2, 0) is 12.0 Å². The molecule has 3 aromatic heterocycles. The Morgan fingerprint density at radius 3 is 2.74 bits per heavy atom. The fourth-order valence-electron chi connectivity index (χ4n) is 3.31. The Bertz CT molecular complexity index is 976. The molecule has 0 N–H and O–H groups in total. The minimum absolute atomic E-state index is 0.175. The molecule has 1 saturated heterocycles. The Kier molecular flexibility index (Phi) is 4.50. The van der Waals surface area contributed by atoms with Crippen molar-refractivity contribution < 1.29 is 0 Å². The van der Waals surface area contributed by atoms with E-state index in [2.05, 4.69) is 47.9 Å². The average Bonchev–Trinajstić information content (AvgIpc) is 3.22. The smallest absolute Gasteiger partial charge is 0.184 e. The zero-order valence-corrected chi connectivity index (χ0v) is 16.9. The maximum atomic E-state index is 6.28. The molecule has 4 rings (SSSR count). The lowest BCUT2D eigenvalue weighted by atomic mass is 9.96. The summed E-state index contributed by atoms with van der Waals surface area (Å²) in [6, 6.07) is 3.65. The molecular weight excluding hydrogens is 362 g/mol. The van der Waals surface area contributed by atoms with Crippen molar-refractivity contribution in [1.82, 2.24) is 29.9 Å². The van der Waals surface area contributed by atoms with Crippen LogP contribution in [0.3, 0.4) is 0 Å². The summed E-state index contributed by atoms with van der Waals surface area (Å²) in [6.45, 7) is 11.0. The summed E-state index contributed by atoms with van der Waals surface area (Å²) in [5.74, 6) is 2.32. The first-order valence-electron chi connectivity index (χ1n) is 9.29. The fourth-order valence-corrected chi connectivity index (χ4v) is 3.49. The maximum absolute atomic E-state index is 6.28. The summed E-state index contributed by atoms with van der Waals surface area (Å²) in [7, 11) is 0. The van der Waals surface area contributed by atoms with E-state index < -0.39 is 0 Å². The molecule has 1 atom stereocenters. The lowest BCUT2D eigenvalue weighted by Crippen LogP contribution is -2.24. The van der Waals surface area contributed by atoms with Crippen LogP contribution in [-0.4, -0.2) is 43.0 Å². The summed E-state index contributed by atoms with van der Waals surface area (Å²) in [5.41, 5.74) is 2.04. The van der Waals surface area contributed by atoms with E-state index in [1.165, 1.54) is 0 Å². The van der Waals surface area contributed by atoms with Gasteiger partial charge in [0.25, 0.3) is 0 Å². The number of halogens is 1. The predicted molar refractivity (Wildman–Crippen MR) is 106 cm³/mol. The highest BCUT2D eigenvalue weighted by Gasteiger charge is 2.28. The molecule has 1 aliphatic rings. The van der Waals surface area contributed by atoms with Gasteiger partial charge in [0, 0.05) is 24.7 Å². The third kappa shape index (κ3) is 3.48. The lowest BCUT2D eigenvalue weighted by Gasteiger charge is -2.22. The van der Waals surface area contributed by atoms with Crippen LogP contribution in [0.1, 0.15) is 45.6 Å². The van der Waals surface area contributed by atoms with Gasteiger partial charge in [0.1, 0.15) is 5.82 Å². The fraction of sp³-hybridized carbons (Fsp3) is 0.526. The summed E-state index contributed by atoms with van der Waals surface area (Å²) in [4.78, 5) is 16.4. The second-order valence-corrected chi connectivity index (χ2v) is 8.72. The van der Waals surface area contributed by atoms with Crippen molar-refractivity contribution in [2.24, 2.45) is 5.92 Å². The number of hydrogen-bond donors (Lipinski definition) is 0. The molecule has 0 aromatic carbocycles. The maximum Gasteiger partial charge on any atom is 0.184 e. The number of rotatable bonds is 3. The van der Waals surface area contributed by atoms with Gasteiger partial charge < -0.3 is 4.90 Å². The molecule has 0 unspecified atom stereocenters. The average molecular weight is 386 g/mol. The summed E-state index contributed by atoms with van der Waals surface area (Å²) < 4.78 is 1.77. The van der Waals surface area contributed by atoms with Crippen LogP contribution in [0.2, 0.25) is 5.02 Å². The molecule has 0 radical (unpaired) electrons. The van der Waals surface area contributed by atoms with Gasteiger partial charge in [-0.15, -0.1) is 5.10 Å². The number of nitrogens with zero attached hydrogens (tertiary/aromatic N) is 7. The molecule has 0 amide bonds. The molecule has 142 valence electrons. The van der Waals surface area contributed by atoms with E-state index in [0.29, 0.717) is 17.5 Å². The van der Waals surface area contributed by atoms with Crippen molar-refractivity contribution in [2.75, 3.05) is 18.0 Å². The standard InChI is InChI=1S/C19H24ClN7/c1-12-7-9-26(10-12)16-15-17(23-18(22-16)19(2,3)4)27(25-24-15)11-14-13(20)6-5-8-21-14/h5-6,8,12H,7,9-11H2,1-4H3/t12-/m1/s1. The molecule has 3 aromatic rings. The van der Waals surface area contributed by atoms with E-state index in [1.54, 1.807) is 10.9 Å². The third-order valence-electron chi connectivity index (χ3n) is 4.87. The molecule has 27 heavy (non-hydrogen) atoms. The Morgan fingerprint density at radius 2 is 2.07 bits per heavy atom. The van der Waals surface area contributed by atoms with Gasteiger partial charge in [0.05, 0.1) is 17.3 Å². The van der Waals surface area contributed by atoms with Crippen molar-refractivity contribution in [3.8, 4) is 0 Å². The molecule has 0 aliphatic carbocycles. The monoisotopic (exact) mass is 385 g/mol. The van der Waals surface area contributed by atoms with Crippen LogP contribution >= 0.6 is 11.6 Å². The normalized spacial score (nSPS) is 17.8. The number of hydrogen-bond acceptors (Lipinski definition) is 6. The summed E-state index contributed by atoms with van der Waals surface area (Å²) in [5, 5.41) is 9.37. The van der Waals surface area contributed by atoms with Crippen LogP contribution in [0.25, 0.3) is 11.2 Å². The molecule has 0 bridgehead atoms. The minimum atomic E-state index is -0.175. The lowest BCUT2D eigenvalue weighted by molar-refractivity contribution is 0.544. The summed E-state index contributed by atoms with van der Waals surface area (Å²) in [6.07, 6.45) is 2.89. The van der Waals surface area contributed by atoms with E-state index in [0.717, 1.165) is 48.0 Å². The molecule has 0 spiro atoms. The Balaban J connectivity index is 1.84. The Labute approximate surface area is 163 Å². The first-order chi connectivity index (χ1) is 12.8. The summed E-state index contributed by atoms with van der Waals surface area (Å²) >= 11 is 6.28. The van der Waals surface area contributed by atoms with Crippen LogP contribution in [0, 0.1) is 5.92 Å². The zero-order valence-electron chi connectivity index (χ0n) is 16.1. The van der Waals surface area contributed by atoms with Gasteiger partial charge in [0.2, 0.25) is 0 Å². The molecule has 7 nitrogen and oxygen atoms in total. The van der Waals surface area contributed by atoms with Gasteiger partial charge in [-0.1, -0.05) is 44.5 Å². The predicted octanol–water partition coefficient (Wildman–Crippen LogP) is 3.46. The first-order valence-corrected chi connectivity index (χ1v) is 9.67. The van der Waals surface area contributed by atoms with E-state index in [-0.39, 0.29) is 5.41 Å². The molecule has 1 fully saturated rings. The second kappa shape index (κ2) is 6.71. The van der Waals surface area contributed by atoms with Gasteiger partial charge in [-0.25, -0.2) is 14.6 Å². The number of anilines is 1. The van der Waals surface area contributed by atoms with Crippen molar-refractivity contribution >= 4 is 28.6 Å². The SMILES string of the molecule is C[C@@H]1CCN(c2nc(C(C)(C)C)nc3c2nnn3Cc2ncccc2Cl)C1. The molecule has 1 aliphatic heterocycles. The molecule has 8 heteroatoms. The number of fused-ring (bicyclic) bond motifs is 1. The quantitative estimate of drug-likeness (QED) is 0.687. The number of pyridine rings is 1. The highest BCUT2D eigenvalue weighted by atomic mass is 35.5. The molecule has 4 heterocycles. The van der Waals surface area contributed by atoms with Gasteiger partial charge in [-0.3, -0.25) is 4.98 Å². The van der Waals surface area contributed by atoms with E-state index in [4.69, 9.17) is 21.6 Å². The van der Waals surface area contributed by atoms with Crippen molar-refractivity contribution in [2.45, 2.75) is 46.1 Å². The zero-order chi connectivity index (χ0) is 19.2. The van der Waals surface area contributed by atoms with Crippen LogP contribution in [0.4, 0.5) is 5.82 Å². The highest BCUT2D eigenvalue weighted by molar-refractivity contribution is 6.31. The molecule has 0 saturated carbocycles. The Morgan fingerprint density at radius 1 is 1.26 bits per heavy atom. The third-order valence-corrected chi connectivity index (χ3v) is 5.22. The van der Waals surface area contributed by atoms with Crippen molar-refractivity contribution in [3.05, 3.63) is 34.9 Å². The van der Waals surface area contributed by atoms with Gasteiger partial charge in [-0.05, 0) is 24.5 Å². The van der Waals surface area contributed by atoms with Crippen molar-refractivity contribution in [3.63, 3.8) is 0 Å². The number of aromatic nitrogens is 6. The minimum Gasteiger partial charge on any atom is -0.354 e. The topological polar surface area (TPSA) is 72.6 Å². The second-order valence-electron chi connectivity index (χ2n) is 8.31. The van der Waals surface area contributed by atoms with Crippen molar-refractivity contribution in [1.29, 1.82) is 0 Å². The van der Waals surface area contributed by atoms with E-state index in [9.17, 15) is 0 Å². The van der Waals surface area contributed by atoms with E-state index >= 15 is 0 Å². The van der Waals surface area contributed by atoms with Crippen LogP contribution in [0.5, 0.6) is 0 Å².